The molecule has 0 aliphatic heterocycles. The standard InChI is InChI=1S/C15H24N2/c1-10-5-3-7-14(10)17-11(2)9-12-13(16)6-4-8-15(12)17/h9-10,13-14H,3-8,16H2,1-2H3. The van der Waals surface area contributed by atoms with Crippen LogP contribution < -0.4 is 5.73 Å². The van der Waals surface area contributed by atoms with Gasteiger partial charge in [0.25, 0.3) is 0 Å². The predicted molar refractivity (Wildman–Crippen MR) is 71.1 cm³/mol. The van der Waals surface area contributed by atoms with E-state index in [1.807, 2.05) is 0 Å². The summed E-state index contributed by atoms with van der Waals surface area (Å²) in [7, 11) is 0. The molecule has 0 spiro atoms. The van der Waals surface area contributed by atoms with E-state index in [9.17, 15) is 0 Å². The molecule has 94 valence electrons. The van der Waals surface area contributed by atoms with Crippen LogP contribution in [-0.2, 0) is 6.42 Å². The highest BCUT2D eigenvalue weighted by Crippen LogP contribution is 2.40. The van der Waals surface area contributed by atoms with Gasteiger partial charge in [-0.3, -0.25) is 0 Å². The lowest BCUT2D eigenvalue weighted by atomic mass is 9.93. The summed E-state index contributed by atoms with van der Waals surface area (Å²) in [4.78, 5) is 0. The summed E-state index contributed by atoms with van der Waals surface area (Å²) < 4.78 is 2.63. The van der Waals surface area contributed by atoms with Crippen molar-refractivity contribution in [2.75, 3.05) is 0 Å². The maximum Gasteiger partial charge on any atom is 0.0361 e. The summed E-state index contributed by atoms with van der Waals surface area (Å²) in [6.45, 7) is 4.67. The number of nitrogens with two attached hydrogens (primary N) is 1. The molecular formula is C15H24N2. The Kier molecular flexibility index (Phi) is 2.78. The van der Waals surface area contributed by atoms with Gasteiger partial charge in [-0.25, -0.2) is 0 Å². The Hall–Kier alpha value is -0.760. The molecule has 2 N–H and O–H groups in total. The van der Waals surface area contributed by atoms with E-state index in [2.05, 4.69) is 24.5 Å². The molecule has 1 aromatic heterocycles. The Morgan fingerprint density at radius 1 is 1.24 bits per heavy atom. The van der Waals surface area contributed by atoms with Crippen molar-refractivity contribution in [3.63, 3.8) is 0 Å². The predicted octanol–water partition coefficient (Wildman–Crippen LogP) is 3.49. The second kappa shape index (κ2) is 4.16. The largest absolute Gasteiger partial charge is 0.345 e. The van der Waals surface area contributed by atoms with E-state index in [0.717, 1.165) is 18.4 Å². The average Bonchev–Trinajstić information content (AvgIpc) is 2.83. The van der Waals surface area contributed by atoms with Crippen molar-refractivity contribution in [2.45, 2.75) is 64.5 Å². The molecule has 2 heteroatoms. The highest BCUT2D eigenvalue weighted by molar-refractivity contribution is 5.33. The molecule has 2 aliphatic carbocycles. The number of aryl methyl sites for hydroxylation is 1. The molecule has 0 radical (unpaired) electrons. The van der Waals surface area contributed by atoms with E-state index in [1.165, 1.54) is 43.4 Å². The van der Waals surface area contributed by atoms with Gasteiger partial charge in [-0.05, 0) is 56.6 Å². The fourth-order valence-electron chi connectivity index (χ4n) is 3.93. The number of hydrogen-bond acceptors (Lipinski definition) is 1. The lowest BCUT2D eigenvalue weighted by Gasteiger charge is -2.26. The van der Waals surface area contributed by atoms with Crippen LogP contribution in [0.25, 0.3) is 0 Å². The topological polar surface area (TPSA) is 30.9 Å². The first-order chi connectivity index (χ1) is 8.18. The van der Waals surface area contributed by atoms with Crippen LogP contribution in [0.15, 0.2) is 6.07 Å². The number of nitrogens with zero attached hydrogens (tertiary/aromatic N) is 1. The van der Waals surface area contributed by atoms with Crippen molar-refractivity contribution in [3.05, 3.63) is 23.0 Å². The summed E-state index contributed by atoms with van der Waals surface area (Å²) in [6, 6.07) is 3.38. The molecule has 17 heavy (non-hydrogen) atoms. The van der Waals surface area contributed by atoms with Gasteiger partial charge in [0.05, 0.1) is 0 Å². The Morgan fingerprint density at radius 2 is 2.06 bits per heavy atom. The van der Waals surface area contributed by atoms with Crippen molar-refractivity contribution < 1.29 is 0 Å². The molecular weight excluding hydrogens is 208 g/mol. The van der Waals surface area contributed by atoms with Gasteiger partial charge in [0, 0.05) is 23.5 Å². The molecule has 1 fully saturated rings. The third-order valence-electron chi connectivity index (χ3n) is 4.84. The van der Waals surface area contributed by atoms with Gasteiger partial charge >= 0.3 is 0 Å². The first kappa shape index (κ1) is 11.3. The maximum absolute atomic E-state index is 6.25. The summed E-state index contributed by atoms with van der Waals surface area (Å²) >= 11 is 0. The fourth-order valence-corrected chi connectivity index (χ4v) is 3.93. The minimum atomic E-state index is 0.287. The average molecular weight is 232 g/mol. The van der Waals surface area contributed by atoms with Crippen LogP contribution in [0.1, 0.15) is 68.1 Å². The van der Waals surface area contributed by atoms with Crippen molar-refractivity contribution >= 4 is 0 Å². The Morgan fingerprint density at radius 3 is 2.76 bits per heavy atom. The molecule has 3 atom stereocenters. The zero-order valence-electron chi connectivity index (χ0n) is 11.1. The fraction of sp³-hybridized carbons (Fsp3) is 0.733. The first-order valence-corrected chi connectivity index (χ1v) is 7.14. The molecule has 0 amide bonds. The van der Waals surface area contributed by atoms with E-state index < -0.39 is 0 Å². The molecule has 0 bridgehead atoms. The number of hydrogen-bond donors (Lipinski definition) is 1. The SMILES string of the molecule is Cc1cc2c(n1C1CCCC1C)CCCC2N. The van der Waals surface area contributed by atoms with Crippen molar-refractivity contribution in [1.29, 1.82) is 0 Å². The first-order valence-electron chi connectivity index (χ1n) is 7.14. The number of fused-ring (bicyclic) bond motifs is 1. The Balaban J connectivity index is 2.04. The summed E-state index contributed by atoms with van der Waals surface area (Å²) in [6.07, 6.45) is 7.81. The van der Waals surface area contributed by atoms with E-state index in [4.69, 9.17) is 5.73 Å². The lowest BCUT2D eigenvalue weighted by molar-refractivity contribution is 0.385. The molecule has 0 aromatic carbocycles. The van der Waals surface area contributed by atoms with Crippen LogP contribution in [0.4, 0.5) is 0 Å². The quantitative estimate of drug-likeness (QED) is 0.789. The van der Waals surface area contributed by atoms with Crippen LogP contribution >= 0.6 is 0 Å². The second-order valence-electron chi connectivity index (χ2n) is 6.03. The van der Waals surface area contributed by atoms with E-state index >= 15 is 0 Å². The summed E-state index contributed by atoms with van der Waals surface area (Å²) in [5.41, 5.74) is 10.7. The third kappa shape index (κ3) is 1.74. The van der Waals surface area contributed by atoms with Gasteiger partial charge in [-0.2, -0.15) is 0 Å². The maximum atomic E-state index is 6.25. The lowest BCUT2D eigenvalue weighted by Crippen LogP contribution is -2.21. The third-order valence-corrected chi connectivity index (χ3v) is 4.84. The van der Waals surface area contributed by atoms with Gasteiger partial charge in [0.2, 0.25) is 0 Å². The molecule has 3 rings (SSSR count). The van der Waals surface area contributed by atoms with Gasteiger partial charge in [0.1, 0.15) is 0 Å². The molecule has 1 saturated carbocycles. The Bertz CT molecular complexity index is 419. The van der Waals surface area contributed by atoms with Crippen LogP contribution in [0, 0.1) is 12.8 Å². The zero-order valence-corrected chi connectivity index (χ0v) is 11.1. The molecule has 0 saturated heterocycles. The molecule has 2 aliphatic rings. The minimum Gasteiger partial charge on any atom is -0.345 e. The Labute approximate surface area is 104 Å². The minimum absolute atomic E-state index is 0.287. The molecule has 3 unspecified atom stereocenters. The molecule has 1 aromatic rings. The number of rotatable bonds is 1. The zero-order chi connectivity index (χ0) is 12.0. The summed E-state index contributed by atoms with van der Waals surface area (Å²) in [5.74, 6) is 0.836. The highest BCUT2D eigenvalue weighted by atomic mass is 15.0. The van der Waals surface area contributed by atoms with Crippen LogP contribution in [-0.4, -0.2) is 4.57 Å². The van der Waals surface area contributed by atoms with Gasteiger partial charge < -0.3 is 10.3 Å². The number of aromatic nitrogens is 1. The smallest absolute Gasteiger partial charge is 0.0361 e. The molecule has 1 heterocycles. The van der Waals surface area contributed by atoms with E-state index in [0.29, 0.717) is 0 Å². The van der Waals surface area contributed by atoms with Crippen molar-refractivity contribution in [1.82, 2.24) is 4.57 Å². The van der Waals surface area contributed by atoms with Crippen molar-refractivity contribution in [3.8, 4) is 0 Å². The van der Waals surface area contributed by atoms with Gasteiger partial charge in [-0.15, -0.1) is 0 Å². The normalized spacial score (nSPS) is 32.8. The monoisotopic (exact) mass is 232 g/mol. The van der Waals surface area contributed by atoms with Crippen LogP contribution in [0.5, 0.6) is 0 Å². The van der Waals surface area contributed by atoms with Gasteiger partial charge in [-0.1, -0.05) is 13.3 Å². The van der Waals surface area contributed by atoms with Gasteiger partial charge in [0.15, 0.2) is 0 Å². The van der Waals surface area contributed by atoms with Crippen LogP contribution in [0.2, 0.25) is 0 Å². The van der Waals surface area contributed by atoms with E-state index in [1.54, 1.807) is 5.69 Å². The summed E-state index contributed by atoms with van der Waals surface area (Å²) in [5, 5.41) is 0. The highest BCUT2D eigenvalue weighted by Gasteiger charge is 2.30. The molecule has 2 nitrogen and oxygen atoms in total. The van der Waals surface area contributed by atoms with Crippen molar-refractivity contribution in [2.24, 2.45) is 11.7 Å². The van der Waals surface area contributed by atoms with E-state index in [-0.39, 0.29) is 6.04 Å². The van der Waals surface area contributed by atoms with Crippen LogP contribution in [0.3, 0.4) is 0 Å². The second-order valence-corrected chi connectivity index (χ2v) is 6.03.